The molecule has 5 rings (SSSR count). The van der Waals surface area contributed by atoms with E-state index in [9.17, 15) is 4.79 Å². The van der Waals surface area contributed by atoms with Crippen LogP contribution in [0.2, 0.25) is 0 Å². The SMILES string of the molecule is C=CCNC(=O)c1cnn(-c2ncc3c(n2)-c2ccccc2CCC3)c1C1CC1. The van der Waals surface area contributed by atoms with Crippen LogP contribution in [0.25, 0.3) is 17.2 Å². The zero-order chi connectivity index (χ0) is 19.8. The molecule has 0 atom stereocenters. The largest absolute Gasteiger partial charge is 0.348 e. The number of rotatable bonds is 5. The third-order valence-electron chi connectivity index (χ3n) is 5.63. The van der Waals surface area contributed by atoms with Crippen molar-refractivity contribution in [3.05, 3.63) is 71.7 Å². The molecule has 2 aliphatic rings. The van der Waals surface area contributed by atoms with Gasteiger partial charge in [0.2, 0.25) is 0 Å². The van der Waals surface area contributed by atoms with E-state index in [1.54, 1.807) is 17.0 Å². The Labute approximate surface area is 169 Å². The van der Waals surface area contributed by atoms with E-state index >= 15 is 0 Å². The Morgan fingerprint density at radius 2 is 2.03 bits per heavy atom. The molecule has 1 saturated carbocycles. The summed E-state index contributed by atoms with van der Waals surface area (Å²) in [6, 6.07) is 8.45. The number of hydrogen-bond donors (Lipinski definition) is 1. The van der Waals surface area contributed by atoms with E-state index in [0.717, 1.165) is 43.5 Å². The van der Waals surface area contributed by atoms with Crippen LogP contribution in [-0.2, 0) is 12.8 Å². The first-order chi connectivity index (χ1) is 14.3. The zero-order valence-corrected chi connectivity index (χ0v) is 16.3. The average molecular weight is 385 g/mol. The van der Waals surface area contributed by atoms with Crippen molar-refractivity contribution in [3.8, 4) is 17.2 Å². The summed E-state index contributed by atoms with van der Waals surface area (Å²) in [7, 11) is 0. The zero-order valence-electron chi connectivity index (χ0n) is 16.3. The number of carbonyl (C=O) groups excluding carboxylic acids is 1. The summed E-state index contributed by atoms with van der Waals surface area (Å²) in [6.07, 6.45) is 10.5. The molecule has 3 aromatic rings. The minimum absolute atomic E-state index is 0.127. The number of amides is 1. The normalized spacial score (nSPS) is 15.2. The second-order valence-corrected chi connectivity index (χ2v) is 7.68. The van der Waals surface area contributed by atoms with Crippen molar-refractivity contribution in [2.24, 2.45) is 0 Å². The van der Waals surface area contributed by atoms with Crippen LogP contribution in [0.3, 0.4) is 0 Å². The van der Waals surface area contributed by atoms with Crippen molar-refractivity contribution in [3.63, 3.8) is 0 Å². The second-order valence-electron chi connectivity index (χ2n) is 7.68. The lowest BCUT2D eigenvalue weighted by Crippen LogP contribution is -2.24. The molecule has 0 saturated heterocycles. The molecule has 2 aliphatic carbocycles. The van der Waals surface area contributed by atoms with Gasteiger partial charge in [-0.3, -0.25) is 4.79 Å². The summed E-state index contributed by atoms with van der Waals surface area (Å²) in [4.78, 5) is 22.1. The average Bonchev–Trinajstić information content (AvgIpc) is 3.53. The number of hydrogen-bond acceptors (Lipinski definition) is 4. The Kier molecular flexibility index (Phi) is 4.46. The van der Waals surface area contributed by atoms with Crippen LogP contribution >= 0.6 is 0 Å². The first-order valence-corrected chi connectivity index (χ1v) is 10.2. The van der Waals surface area contributed by atoms with Gasteiger partial charge in [0.1, 0.15) is 0 Å². The van der Waals surface area contributed by atoms with Gasteiger partial charge < -0.3 is 5.32 Å². The molecule has 0 radical (unpaired) electrons. The monoisotopic (exact) mass is 385 g/mol. The van der Waals surface area contributed by atoms with Crippen LogP contribution in [0, 0.1) is 0 Å². The Bertz CT molecular complexity index is 1100. The van der Waals surface area contributed by atoms with Gasteiger partial charge in [0.05, 0.1) is 23.1 Å². The molecule has 0 bridgehead atoms. The number of benzene rings is 1. The van der Waals surface area contributed by atoms with Crippen LogP contribution < -0.4 is 5.32 Å². The molecule has 6 heteroatoms. The van der Waals surface area contributed by atoms with Gasteiger partial charge in [-0.1, -0.05) is 30.3 Å². The molecule has 6 nitrogen and oxygen atoms in total. The Morgan fingerprint density at radius 1 is 1.21 bits per heavy atom. The van der Waals surface area contributed by atoms with Gasteiger partial charge in [-0.15, -0.1) is 6.58 Å². The van der Waals surface area contributed by atoms with E-state index in [1.807, 2.05) is 6.20 Å². The highest BCUT2D eigenvalue weighted by Gasteiger charge is 2.33. The molecule has 0 aliphatic heterocycles. The van der Waals surface area contributed by atoms with Crippen molar-refractivity contribution in [1.29, 1.82) is 0 Å². The Hall–Kier alpha value is -3.28. The molecule has 1 fully saturated rings. The molecule has 1 amide bonds. The van der Waals surface area contributed by atoms with Crippen molar-refractivity contribution in [2.45, 2.75) is 38.0 Å². The van der Waals surface area contributed by atoms with Crippen molar-refractivity contribution < 1.29 is 4.79 Å². The summed E-state index contributed by atoms with van der Waals surface area (Å²) in [6.45, 7) is 4.09. The highest BCUT2D eigenvalue weighted by atomic mass is 16.1. The predicted octanol–water partition coefficient (Wildman–Crippen LogP) is 3.61. The lowest BCUT2D eigenvalue weighted by atomic mass is 10.0. The van der Waals surface area contributed by atoms with Gasteiger partial charge in [0.15, 0.2) is 0 Å². The number of fused-ring (bicyclic) bond motifs is 3. The third kappa shape index (κ3) is 3.24. The van der Waals surface area contributed by atoms with E-state index in [4.69, 9.17) is 4.98 Å². The van der Waals surface area contributed by atoms with E-state index in [-0.39, 0.29) is 5.91 Å². The van der Waals surface area contributed by atoms with Crippen molar-refractivity contribution >= 4 is 5.91 Å². The lowest BCUT2D eigenvalue weighted by molar-refractivity contribution is 0.0957. The standard InChI is InChI=1S/C23H23N5O/c1-2-12-24-22(29)19-14-26-28(21(19)16-10-11-16)23-25-13-17-8-5-7-15-6-3-4-9-18(15)20(17)27-23/h2-4,6,9,13-14,16H,1,5,7-8,10-12H2,(H,24,29). The molecule has 1 N–H and O–H groups in total. The first-order valence-electron chi connectivity index (χ1n) is 10.2. The maximum Gasteiger partial charge on any atom is 0.255 e. The second kappa shape index (κ2) is 7.28. The summed E-state index contributed by atoms with van der Waals surface area (Å²) in [5.74, 6) is 0.736. The number of carbonyl (C=O) groups is 1. The summed E-state index contributed by atoms with van der Waals surface area (Å²) >= 11 is 0. The summed E-state index contributed by atoms with van der Waals surface area (Å²) < 4.78 is 1.76. The van der Waals surface area contributed by atoms with Crippen molar-refractivity contribution in [1.82, 2.24) is 25.1 Å². The molecular weight excluding hydrogens is 362 g/mol. The summed E-state index contributed by atoms with van der Waals surface area (Å²) in [5.41, 5.74) is 6.17. The third-order valence-corrected chi connectivity index (χ3v) is 5.63. The van der Waals surface area contributed by atoms with Crippen LogP contribution in [0.1, 0.15) is 52.4 Å². The van der Waals surface area contributed by atoms with Crippen LogP contribution in [-0.4, -0.2) is 32.2 Å². The highest BCUT2D eigenvalue weighted by Crippen LogP contribution is 2.42. The van der Waals surface area contributed by atoms with Gasteiger partial charge in [0.25, 0.3) is 11.9 Å². The van der Waals surface area contributed by atoms with E-state index in [0.29, 0.717) is 24.0 Å². The van der Waals surface area contributed by atoms with E-state index < -0.39 is 0 Å². The topological polar surface area (TPSA) is 72.7 Å². The summed E-state index contributed by atoms with van der Waals surface area (Å²) in [5, 5.41) is 7.37. The fraction of sp³-hybridized carbons (Fsp3) is 0.304. The maximum atomic E-state index is 12.6. The fourth-order valence-corrected chi connectivity index (χ4v) is 4.06. The van der Waals surface area contributed by atoms with Gasteiger partial charge in [-0.2, -0.15) is 5.10 Å². The lowest BCUT2D eigenvalue weighted by Gasteiger charge is -2.12. The van der Waals surface area contributed by atoms with Gasteiger partial charge in [0, 0.05) is 24.2 Å². The van der Waals surface area contributed by atoms with Gasteiger partial charge in [-0.25, -0.2) is 14.6 Å². The molecule has 2 aromatic heterocycles. The minimum atomic E-state index is -0.127. The van der Waals surface area contributed by atoms with Crippen molar-refractivity contribution in [2.75, 3.05) is 6.54 Å². The molecule has 2 heterocycles. The molecule has 29 heavy (non-hydrogen) atoms. The fourth-order valence-electron chi connectivity index (χ4n) is 4.06. The molecule has 146 valence electrons. The van der Waals surface area contributed by atoms with Crippen LogP contribution in [0.4, 0.5) is 0 Å². The van der Waals surface area contributed by atoms with E-state index in [1.165, 1.54) is 16.7 Å². The van der Waals surface area contributed by atoms with Gasteiger partial charge >= 0.3 is 0 Å². The quantitative estimate of drug-likeness (QED) is 0.681. The highest BCUT2D eigenvalue weighted by molar-refractivity contribution is 5.95. The number of aromatic nitrogens is 4. The van der Waals surface area contributed by atoms with Crippen LogP contribution in [0.15, 0.2) is 49.3 Å². The molecular formula is C23H23N5O. The maximum absolute atomic E-state index is 12.6. The van der Waals surface area contributed by atoms with Gasteiger partial charge in [-0.05, 0) is 43.2 Å². The van der Waals surface area contributed by atoms with Crippen LogP contribution in [0.5, 0.6) is 0 Å². The first kappa shape index (κ1) is 17.8. The number of nitrogens with zero attached hydrogens (tertiary/aromatic N) is 4. The number of nitrogens with one attached hydrogen (secondary N) is 1. The smallest absolute Gasteiger partial charge is 0.255 e. The number of aryl methyl sites for hydroxylation is 2. The van der Waals surface area contributed by atoms with E-state index in [2.05, 4.69) is 46.2 Å². The molecule has 1 aromatic carbocycles. The Morgan fingerprint density at radius 3 is 2.86 bits per heavy atom. The molecule has 0 unspecified atom stereocenters. The minimum Gasteiger partial charge on any atom is -0.348 e. The predicted molar refractivity (Wildman–Crippen MR) is 111 cm³/mol. The Balaban J connectivity index is 1.60. The molecule has 0 spiro atoms.